The van der Waals surface area contributed by atoms with Crippen LogP contribution >= 0.6 is 0 Å². The van der Waals surface area contributed by atoms with Crippen molar-refractivity contribution < 1.29 is 14.0 Å². The van der Waals surface area contributed by atoms with Gasteiger partial charge in [0.05, 0.1) is 5.69 Å². The summed E-state index contributed by atoms with van der Waals surface area (Å²) in [7, 11) is 0. The maximum Gasteiger partial charge on any atom is 0.265 e. The molecule has 1 heterocycles. The molecule has 27 heavy (non-hydrogen) atoms. The minimum atomic E-state index is -0.419. The van der Waals surface area contributed by atoms with Crippen LogP contribution in [0.15, 0.2) is 72.8 Å². The summed E-state index contributed by atoms with van der Waals surface area (Å²) < 4.78 is 13.6. The maximum atomic E-state index is 13.6. The summed E-state index contributed by atoms with van der Waals surface area (Å²) in [6.07, 6.45) is 1.63. The van der Waals surface area contributed by atoms with Crippen LogP contribution in [0.2, 0.25) is 0 Å². The van der Waals surface area contributed by atoms with E-state index in [2.05, 4.69) is 0 Å². The molecular formula is C23H16FNO2. The standard InChI is InChI=1S/C23H16FNO2/c1-15-7-2-5-12-21(15)25-22(26)19-11-4-3-10-18(19)20(23(25)27)14-16-8-6-9-17(24)13-16/h2-14H,1H3. The number of carbonyl (C=O) groups is 2. The van der Waals surface area contributed by atoms with Gasteiger partial charge in [0.25, 0.3) is 11.8 Å². The molecule has 132 valence electrons. The fourth-order valence-electron chi connectivity index (χ4n) is 3.29. The number of aryl methyl sites for hydroxylation is 1. The fraction of sp³-hybridized carbons (Fsp3) is 0.0435. The summed E-state index contributed by atoms with van der Waals surface area (Å²) >= 11 is 0. The number of carbonyl (C=O) groups excluding carboxylic acids is 2. The Labute approximate surface area is 156 Å². The molecule has 2 amide bonds. The van der Waals surface area contributed by atoms with Gasteiger partial charge in [-0.3, -0.25) is 9.59 Å². The second kappa shape index (κ2) is 6.65. The molecule has 3 aromatic carbocycles. The third kappa shape index (κ3) is 2.95. The lowest BCUT2D eigenvalue weighted by Gasteiger charge is -2.29. The zero-order chi connectivity index (χ0) is 19.0. The summed E-state index contributed by atoms with van der Waals surface area (Å²) in [4.78, 5) is 27.5. The van der Waals surface area contributed by atoms with E-state index in [1.807, 2.05) is 19.1 Å². The van der Waals surface area contributed by atoms with Crippen molar-refractivity contribution in [2.24, 2.45) is 0 Å². The maximum absolute atomic E-state index is 13.6. The number of benzene rings is 3. The Balaban J connectivity index is 1.93. The van der Waals surface area contributed by atoms with Crippen molar-refractivity contribution in [2.45, 2.75) is 6.92 Å². The van der Waals surface area contributed by atoms with Crippen molar-refractivity contribution in [1.29, 1.82) is 0 Å². The van der Waals surface area contributed by atoms with Crippen LogP contribution in [0.25, 0.3) is 11.6 Å². The Kier molecular flexibility index (Phi) is 4.16. The molecule has 3 nitrogen and oxygen atoms in total. The minimum absolute atomic E-state index is 0.360. The molecule has 0 aromatic heterocycles. The van der Waals surface area contributed by atoms with Crippen LogP contribution in [0.3, 0.4) is 0 Å². The molecule has 1 aliphatic rings. The van der Waals surface area contributed by atoms with Gasteiger partial charge in [-0.2, -0.15) is 0 Å². The molecule has 0 atom stereocenters. The highest BCUT2D eigenvalue weighted by atomic mass is 19.1. The van der Waals surface area contributed by atoms with Crippen LogP contribution in [0.5, 0.6) is 0 Å². The normalized spacial score (nSPS) is 15.2. The number of amides is 2. The van der Waals surface area contributed by atoms with Crippen molar-refractivity contribution in [2.75, 3.05) is 4.90 Å². The number of fused-ring (bicyclic) bond motifs is 1. The molecule has 0 saturated carbocycles. The molecule has 0 fully saturated rings. The quantitative estimate of drug-likeness (QED) is 0.485. The van der Waals surface area contributed by atoms with E-state index >= 15 is 0 Å². The van der Waals surface area contributed by atoms with E-state index in [4.69, 9.17) is 0 Å². The summed E-state index contributed by atoms with van der Waals surface area (Å²) in [5.74, 6) is -1.16. The molecule has 0 unspecified atom stereocenters. The van der Waals surface area contributed by atoms with Crippen LogP contribution in [-0.4, -0.2) is 11.8 Å². The van der Waals surface area contributed by atoms with Gasteiger partial charge < -0.3 is 0 Å². The number of hydrogen-bond acceptors (Lipinski definition) is 2. The smallest absolute Gasteiger partial charge is 0.265 e. The lowest BCUT2D eigenvalue weighted by atomic mass is 9.91. The number of nitrogens with zero attached hydrogens (tertiary/aromatic N) is 1. The van der Waals surface area contributed by atoms with Gasteiger partial charge in [0.2, 0.25) is 0 Å². The number of para-hydroxylation sites is 1. The largest absolute Gasteiger partial charge is 0.268 e. The van der Waals surface area contributed by atoms with Gasteiger partial charge in [-0.25, -0.2) is 9.29 Å². The van der Waals surface area contributed by atoms with Crippen molar-refractivity contribution >= 4 is 29.2 Å². The van der Waals surface area contributed by atoms with Crippen molar-refractivity contribution in [1.82, 2.24) is 0 Å². The highest BCUT2D eigenvalue weighted by Crippen LogP contribution is 2.34. The molecule has 0 bridgehead atoms. The Morgan fingerprint density at radius 2 is 1.52 bits per heavy atom. The molecule has 4 heteroatoms. The lowest BCUT2D eigenvalue weighted by Crippen LogP contribution is -2.42. The Hall–Kier alpha value is -3.53. The molecule has 0 saturated heterocycles. The third-order valence-electron chi connectivity index (χ3n) is 4.60. The van der Waals surface area contributed by atoms with E-state index in [1.54, 1.807) is 54.6 Å². The molecule has 3 aromatic rings. The molecular weight excluding hydrogens is 341 g/mol. The molecule has 0 radical (unpaired) electrons. The van der Waals surface area contributed by atoms with Gasteiger partial charge in [-0.15, -0.1) is 0 Å². The Bertz CT molecular complexity index is 1100. The van der Waals surface area contributed by atoms with Gasteiger partial charge >= 0.3 is 0 Å². The molecule has 1 aliphatic heterocycles. The number of imide groups is 1. The van der Waals surface area contributed by atoms with E-state index < -0.39 is 5.91 Å². The summed E-state index contributed by atoms with van der Waals surface area (Å²) in [6.45, 7) is 1.85. The first kappa shape index (κ1) is 16.9. The highest BCUT2D eigenvalue weighted by Gasteiger charge is 2.36. The van der Waals surface area contributed by atoms with Gasteiger partial charge in [0, 0.05) is 11.1 Å². The fourth-order valence-corrected chi connectivity index (χ4v) is 3.29. The number of rotatable bonds is 2. The minimum Gasteiger partial charge on any atom is -0.268 e. The van der Waals surface area contributed by atoms with Crippen LogP contribution in [0, 0.1) is 12.7 Å². The molecule has 4 rings (SSSR count). The van der Waals surface area contributed by atoms with Crippen molar-refractivity contribution in [3.8, 4) is 0 Å². The summed E-state index contributed by atoms with van der Waals surface area (Å²) in [5.41, 5.74) is 3.30. The van der Waals surface area contributed by atoms with E-state index in [1.165, 1.54) is 17.0 Å². The summed E-state index contributed by atoms with van der Waals surface area (Å²) in [6, 6.07) is 20.3. The first-order valence-corrected chi connectivity index (χ1v) is 8.57. The van der Waals surface area contributed by atoms with Crippen LogP contribution in [0.4, 0.5) is 10.1 Å². The number of anilines is 1. The van der Waals surface area contributed by atoms with Crippen molar-refractivity contribution in [3.05, 3.63) is 101 Å². The first-order chi connectivity index (χ1) is 13.1. The zero-order valence-electron chi connectivity index (χ0n) is 14.6. The van der Waals surface area contributed by atoms with Gasteiger partial charge in [-0.1, -0.05) is 48.5 Å². The van der Waals surface area contributed by atoms with E-state index in [0.29, 0.717) is 28.0 Å². The van der Waals surface area contributed by atoms with Gasteiger partial charge in [0.1, 0.15) is 5.82 Å². The number of hydrogen-bond donors (Lipinski definition) is 0. The average molecular weight is 357 g/mol. The highest BCUT2D eigenvalue weighted by molar-refractivity contribution is 6.43. The molecule has 0 spiro atoms. The Morgan fingerprint density at radius 3 is 2.26 bits per heavy atom. The Morgan fingerprint density at radius 1 is 0.815 bits per heavy atom. The van der Waals surface area contributed by atoms with Crippen molar-refractivity contribution in [3.63, 3.8) is 0 Å². The first-order valence-electron chi connectivity index (χ1n) is 8.57. The van der Waals surface area contributed by atoms with Gasteiger partial charge in [0.15, 0.2) is 0 Å². The molecule has 0 N–H and O–H groups in total. The van der Waals surface area contributed by atoms with Crippen LogP contribution < -0.4 is 4.90 Å². The average Bonchev–Trinajstić information content (AvgIpc) is 2.67. The van der Waals surface area contributed by atoms with Gasteiger partial charge in [-0.05, 0) is 54.0 Å². The van der Waals surface area contributed by atoms with E-state index in [-0.39, 0.29) is 11.7 Å². The number of halogens is 1. The third-order valence-corrected chi connectivity index (χ3v) is 4.60. The monoisotopic (exact) mass is 357 g/mol. The predicted octanol–water partition coefficient (Wildman–Crippen LogP) is 4.86. The molecule has 0 aliphatic carbocycles. The second-order valence-corrected chi connectivity index (χ2v) is 6.39. The second-order valence-electron chi connectivity index (χ2n) is 6.39. The predicted molar refractivity (Wildman–Crippen MR) is 104 cm³/mol. The zero-order valence-corrected chi connectivity index (χ0v) is 14.6. The van der Waals surface area contributed by atoms with E-state index in [0.717, 1.165) is 5.56 Å². The SMILES string of the molecule is Cc1ccccc1N1C(=O)C(=Cc2cccc(F)c2)c2ccccc2C1=O. The van der Waals surface area contributed by atoms with Crippen LogP contribution in [0.1, 0.15) is 27.0 Å². The van der Waals surface area contributed by atoms with E-state index in [9.17, 15) is 14.0 Å². The lowest BCUT2D eigenvalue weighted by molar-refractivity contribution is -0.112. The topological polar surface area (TPSA) is 37.4 Å². The summed E-state index contributed by atoms with van der Waals surface area (Å²) in [5, 5.41) is 0. The van der Waals surface area contributed by atoms with Crippen LogP contribution in [-0.2, 0) is 4.79 Å².